The first kappa shape index (κ1) is 12.7. The second-order valence-electron chi connectivity index (χ2n) is 3.45. The van der Waals surface area contributed by atoms with E-state index in [1.165, 1.54) is 0 Å². The first-order chi connectivity index (χ1) is 7.49. The molecule has 0 aliphatic carbocycles. The van der Waals surface area contributed by atoms with Crippen molar-refractivity contribution < 1.29 is 19.8 Å². The Labute approximate surface area is 101 Å². The van der Waals surface area contributed by atoms with Crippen LogP contribution in [0.5, 0.6) is 0 Å². The average molecular weight is 287 g/mol. The van der Waals surface area contributed by atoms with Crippen LogP contribution in [0.4, 0.5) is 0 Å². The molecule has 86 valence electrons. The normalized spacial score (nSPS) is 10.4. The summed E-state index contributed by atoms with van der Waals surface area (Å²) < 4.78 is 0.811. The second kappa shape index (κ2) is 5.65. The lowest BCUT2D eigenvalue weighted by Gasteiger charge is -2.13. The number of aliphatic carboxylic acids is 2. The Balaban J connectivity index is 2.90. The number of hydrogen-bond donors (Lipinski definition) is 2. The monoisotopic (exact) mass is 286 g/mol. The molecule has 1 aromatic carbocycles. The molecule has 0 amide bonds. The number of rotatable bonds is 5. The third-order valence-corrected chi connectivity index (χ3v) is 2.66. The molecule has 2 N–H and O–H groups in total. The van der Waals surface area contributed by atoms with Gasteiger partial charge in [0.15, 0.2) is 0 Å². The minimum atomic E-state index is -0.994. The zero-order valence-electron chi connectivity index (χ0n) is 8.39. The standard InChI is InChI=1S/C11H11BrO4/c12-9-3-1-2-7(4-9)8(5-10(13)14)6-11(15)16/h1-4,8H,5-6H2,(H,13,14)(H,15,16). The van der Waals surface area contributed by atoms with Crippen molar-refractivity contribution in [1.82, 2.24) is 0 Å². The molecule has 5 heteroatoms. The highest BCUT2D eigenvalue weighted by Crippen LogP contribution is 2.25. The number of carboxylic acids is 2. The maximum atomic E-state index is 10.6. The van der Waals surface area contributed by atoms with Gasteiger partial charge >= 0.3 is 11.9 Å². The summed E-state index contributed by atoms with van der Waals surface area (Å²) in [5.41, 5.74) is 0.721. The summed E-state index contributed by atoms with van der Waals surface area (Å²) in [5, 5.41) is 17.4. The molecule has 1 rings (SSSR count). The molecule has 0 fully saturated rings. The van der Waals surface area contributed by atoms with Gasteiger partial charge in [-0.2, -0.15) is 0 Å². The highest BCUT2D eigenvalue weighted by molar-refractivity contribution is 9.10. The third-order valence-electron chi connectivity index (χ3n) is 2.16. The van der Waals surface area contributed by atoms with Crippen molar-refractivity contribution in [3.05, 3.63) is 34.3 Å². The maximum Gasteiger partial charge on any atom is 0.303 e. The second-order valence-corrected chi connectivity index (χ2v) is 4.36. The van der Waals surface area contributed by atoms with Crippen molar-refractivity contribution in [2.75, 3.05) is 0 Å². The van der Waals surface area contributed by atoms with Crippen molar-refractivity contribution in [3.63, 3.8) is 0 Å². The predicted molar refractivity (Wildman–Crippen MR) is 61.4 cm³/mol. The zero-order valence-corrected chi connectivity index (χ0v) is 9.98. The zero-order chi connectivity index (χ0) is 12.1. The molecule has 0 spiro atoms. The first-order valence-electron chi connectivity index (χ1n) is 4.68. The smallest absolute Gasteiger partial charge is 0.303 e. The van der Waals surface area contributed by atoms with Crippen LogP contribution in [0.2, 0.25) is 0 Å². The average Bonchev–Trinajstić information content (AvgIpc) is 2.15. The van der Waals surface area contributed by atoms with Crippen molar-refractivity contribution in [3.8, 4) is 0 Å². The van der Waals surface area contributed by atoms with Crippen molar-refractivity contribution in [2.45, 2.75) is 18.8 Å². The van der Waals surface area contributed by atoms with Crippen LogP contribution in [0.1, 0.15) is 24.3 Å². The Morgan fingerprint density at radius 2 is 1.75 bits per heavy atom. The molecule has 0 unspecified atom stereocenters. The summed E-state index contributed by atoms with van der Waals surface area (Å²) in [6.07, 6.45) is -0.356. The summed E-state index contributed by atoms with van der Waals surface area (Å²) >= 11 is 3.27. The Bertz CT molecular complexity index is 387. The van der Waals surface area contributed by atoms with Gasteiger partial charge in [-0.3, -0.25) is 9.59 Å². The summed E-state index contributed by atoms with van der Waals surface area (Å²) in [7, 11) is 0. The first-order valence-corrected chi connectivity index (χ1v) is 5.47. The van der Waals surface area contributed by atoms with Crippen LogP contribution in [-0.4, -0.2) is 22.2 Å². The largest absolute Gasteiger partial charge is 0.481 e. The maximum absolute atomic E-state index is 10.6. The van der Waals surface area contributed by atoms with Crippen LogP contribution >= 0.6 is 15.9 Å². The van der Waals surface area contributed by atoms with E-state index in [1.54, 1.807) is 18.2 Å². The van der Waals surface area contributed by atoms with E-state index < -0.39 is 17.9 Å². The molecule has 1 aromatic rings. The predicted octanol–water partition coefficient (Wildman–Crippen LogP) is 2.48. The van der Waals surface area contributed by atoms with E-state index in [1.807, 2.05) is 6.07 Å². The summed E-state index contributed by atoms with van der Waals surface area (Å²) in [6.45, 7) is 0. The summed E-state index contributed by atoms with van der Waals surface area (Å²) in [5.74, 6) is -2.48. The summed E-state index contributed by atoms with van der Waals surface area (Å²) in [4.78, 5) is 21.3. The molecule has 0 atom stereocenters. The fraction of sp³-hybridized carbons (Fsp3) is 0.273. The van der Waals surface area contributed by atoms with E-state index in [-0.39, 0.29) is 12.8 Å². The third kappa shape index (κ3) is 4.02. The molecular formula is C11H11BrO4. The minimum absolute atomic E-state index is 0.178. The van der Waals surface area contributed by atoms with Crippen LogP contribution in [0.3, 0.4) is 0 Å². The Morgan fingerprint density at radius 1 is 1.19 bits per heavy atom. The van der Waals surface area contributed by atoms with Gasteiger partial charge in [-0.05, 0) is 17.7 Å². The van der Waals surface area contributed by atoms with Gasteiger partial charge in [-0.1, -0.05) is 28.1 Å². The molecule has 0 bridgehead atoms. The van der Waals surface area contributed by atoms with Crippen LogP contribution < -0.4 is 0 Å². The minimum Gasteiger partial charge on any atom is -0.481 e. The molecule has 0 saturated heterocycles. The number of carbonyl (C=O) groups is 2. The van der Waals surface area contributed by atoms with Gasteiger partial charge in [0.2, 0.25) is 0 Å². The number of hydrogen-bond acceptors (Lipinski definition) is 2. The van der Waals surface area contributed by atoms with E-state index in [9.17, 15) is 9.59 Å². The van der Waals surface area contributed by atoms with Gasteiger partial charge in [0, 0.05) is 10.4 Å². The van der Waals surface area contributed by atoms with Gasteiger partial charge < -0.3 is 10.2 Å². The van der Waals surface area contributed by atoms with Gasteiger partial charge in [-0.25, -0.2) is 0 Å². The molecule has 4 nitrogen and oxygen atoms in total. The number of benzene rings is 1. The molecule has 0 radical (unpaired) electrons. The molecule has 0 heterocycles. The molecule has 0 aliphatic rings. The van der Waals surface area contributed by atoms with Crippen LogP contribution in [-0.2, 0) is 9.59 Å². The van der Waals surface area contributed by atoms with Gasteiger partial charge in [0.05, 0.1) is 12.8 Å². The highest BCUT2D eigenvalue weighted by atomic mass is 79.9. The van der Waals surface area contributed by atoms with E-state index >= 15 is 0 Å². The fourth-order valence-electron chi connectivity index (χ4n) is 1.49. The van der Waals surface area contributed by atoms with Crippen molar-refractivity contribution in [1.29, 1.82) is 0 Å². The van der Waals surface area contributed by atoms with Crippen molar-refractivity contribution >= 4 is 27.9 Å². The molecule has 0 aromatic heterocycles. The quantitative estimate of drug-likeness (QED) is 0.872. The lowest BCUT2D eigenvalue weighted by Crippen LogP contribution is -2.11. The molecule has 0 aliphatic heterocycles. The molecule has 0 saturated carbocycles. The number of carboxylic acid groups (broad SMARTS) is 2. The van der Waals surface area contributed by atoms with E-state index in [0.717, 1.165) is 10.0 Å². The lowest BCUT2D eigenvalue weighted by atomic mass is 9.93. The molecule has 16 heavy (non-hydrogen) atoms. The van der Waals surface area contributed by atoms with Gasteiger partial charge in [0.25, 0.3) is 0 Å². The summed E-state index contributed by atoms with van der Waals surface area (Å²) in [6, 6.07) is 7.05. The lowest BCUT2D eigenvalue weighted by molar-refractivity contribution is -0.139. The van der Waals surface area contributed by atoms with E-state index in [4.69, 9.17) is 10.2 Å². The van der Waals surface area contributed by atoms with Gasteiger partial charge in [-0.15, -0.1) is 0 Å². The van der Waals surface area contributed by atoms with Crippen LogP contribution in [0.15, 0.2) is 28.7 Å². The Morgan fingerprint density at radius 3 is 2.19 bits per heavy atom. The number of halogens is 1. The topological polar surface area (TPSA) is 74.6 Å². The fourth-order valence-corrected chi connectivity index (χ4v) is 1.91. The SMILES string of the molecule is O=C(O)CC(CC(=O)O)c1cccc(Br)c1. The van der Waals surface area contributed by atoms with Gasteiger partial charge in [0.1, 0.15) is 0 Å². The Hall–Kier alpha value is -1.36. The van der Waals surface area contributed by atoms with E-state index in [0.29, 0.717) is 0 Å². The van der Waals surface area contributed by atoms with Crippen LogP contribution in [0, 0.1) is 0 Å². The molecular weight excluding hydrogens is 276 g/mol. The highest BCUT2D eigenvalue weighted by Gasteiger charge is 2.18. The van der Waals surface area contributed by atoms with E-state index in [2.05, 4.69) is 15.9 Å². The Kier molecular flexibility index (Phi) is 4.49. The van der Waals surface area contributed by atoms with Crippen LogP contribution in [0.25, 0.3) is 0 Å². The van der Waals surface area contributed by atoms with Crippen molar-refractivity contribution in [2.24, 2.45) is 0 Å².